The summed E-state index contributed by atoms with van der Waals surface area (Å²) in [6.45, 7) is 0. The lowest BCUT2D eigenvalue weighted by molar-refractivity contribution is 1.42. The molecule has 0 radical (unpaired) electrons. The first-order valence-corrected chi connectivity index (χ1v) is 3.81. The van der Waals surface area contributed by atoms with Crippen molar-refractivity contribution in [2.45, 2.75) is 0 Å². The Hall–Kier alpha value is -0.320. The summed E-state index contributed by atoms with van der Waals surface area (Å²) in [6, 6.07) is 0. The van der Waals surface area contributed by atoms with E-state index in [1.54, 1.807) is 0 Å². The Balaban J connectivity index is 3.23. The summed E-state index contributed by atoms with van der Waals surface area (Å²) >= 11 is 12.1. The van der Waals surface area contributed by atoms with E-state index in [2.05, 4.69) is 4.37 Å². The van der Waals surface area contributed by atoms with E-state index in [1.165, 1.54) is 0 Å². The molecule has 0 bridgehead atoms. The van der Waals surface area contributed by atoms with Crippen LogP contribution in [0.3, 0.4) is 0 Å². The highest BCUT2D eigenvalue weighted by Gasteiger charge is 2.11. The molecular formula is C4H3Cl2N3S. The van der Waals surface area contributed by atoms with E-state index in [9.17, 15) is 0 Å². The van der Waals surface area contributed by atoms with Gasteiger partial charge in [0.2, 0.25) is 0 Å². The molecule has 3 nitrogen and oxygen atoms in total. The van der Waals surface area contributed by atoms with Gasteiger partial charge >= 0.3 is 0 Å². The third-order valence-electron chi connectivity index (χ3n) is 0.878. The minimum atomic E-state index is -0.149. The highest BCUT2D eigenvalue weighted by Crippen LogP contribution is 2.26. The van der Waals surface area contributed by atoms with Crippen LogP contribution in [0, 0.1) is 5.41 Å². The second-order valence-electron chi connectivity index (χ2n) is 1.54. The molecule has 3 N–H and O–H groups in total. The topological polar surface area (TPSA) is 62.8 Å². The molecule has 0 spiro atoms. The van der Waals surface area contributed by atoms with Crippen LogP contribution in [0.25, 0.3) is 0 Å². The Morgan fingerprint density at radius 2 is 2.20 bits per heavy atom. The predicted molar refractivity (Wildman–Crippen MR) is 43.2 cm³/mol. The number of nitrogens with two attached hydrogens (primary N) is 1. The van der Waals surface area contributed by atoms with Crippen LogP contribution in [-0.2, 0) is 0 Å². The molecule has 0 aliphatic carbocycles. The monoisotopic (exact) mass is 195 g/mol. The van der Waals surface area contributed by atoms with Crippen molar-refractivity contribution in [2.24, 2.45) is 5.73 Å². The summed E-state index contributed by atoms with van der Waals surface area (Å²) in [5.74, 6) is -0.149. The van der Waals surface area contributed by atoms with Gasteiger partial charge in [-0.2, -0.15) is 4.37 Å². The van der Waals surface area contributed by atoms with Crippen LogP contribution in [-0.4, -0.2) is 10.2 Å². The number of aromatic nitrogens is 1. The van der Waals surface area contributed by atoms with Gasteiger partial charge in [0, 0.05) is 0 Å². The fourth-order valence-electron chi connectivity index (χ4n) is 0.470. The highest BCUT2D eigenvalue weighted by molar-refractivity contribution is 7.11. The number of hydrogen-bond donors (Lipinski definition) is 2. The molecule has 10 heavy (non-hydrogen) atoms. The van der Waals surface area contributed by atoms with Gasteiger partial charge in [-0.05, 0) is 11.5 Å². The SMILES string of the molecule is N=C(N)c1c(Cl)nsc1Cl. The fraction of sp³-hybridized carbons (Fsp3) is 0. The van der Waals surface area contributed by atoms with Crippen LogP contribution in [0.5, 0.6) is 0 Å². The van der Waals surface area contributed by atoms with Gasteiger partial charge < -0.3 is 5.73 Å². The fourth-order valence-corrected chi connectivity index (χ4v) is 1.72. The van der Waals surface area contributed by atoms with Crippen molar-refractivity contribution >= 4 is 40.6 Å². The number of halogens is 2. The molecule has 0 aliphatic rings. The Morgan fingerprint density at radius 3 is 2.40 bits per heavy atom. The average molecular weight is 196 g/mol. The van der Waals surface area contributed by atoms with Gasteiger partial charge in [-0.3, -0.25) is 5.41 Å². The predicted octanol–water partition coefficient (Wildman–Crippen LogP) is 1.73. The lowest BCUT2D eigenvalue weighted by Crippen LogP contribution is -2.10. The second kappa shape index (κ2) is 2.74. The van der Waals surface area contributed by atoms with Crippen LogP contribution in [0.4, 0.5) is 0 Å². The number of nitrogens with one attached hydrogen (secondary N) is 1. The molecule has 6 heteroatoms. The molecule has 0 atom stereocenters. The summed E-state index contributed by atoms with van der Waals surface area (Å²) in [7, 11) is 0. The molecule has 1 aromatic heterocycles. The summed E-state index contributed by atoms with van der Waals surface area (Å²) < 4.78 is 4.05. The smallest absolute Gasteiger partial charge is 0.155 e. The zero-order chi connectivity index (χ0) is 7.72. The molecule has 0 unspecified atom stereocenters. The van der Waals surface area contributed by atoms with Gasteiger partial charge in [-0.25, -0.2) is 0 Å². The number of hydrogen-bond acceptors (Lipinski definition) is 3. The van der Waals surface area contributed by atoms with Crippen molar-refractivity contribution in [2.75, 3.05) is 0 Å². The molecule has 0 aliphatic heterocycles. The Kier molecular flexibility index (Phi) is 2.13. The molecule has 54 valence electrons. The molecule has 1 rings (SSSR count). The van der Waals surface area contributed by atoms with Gasteiger partial charge in [0.1, 0.15) is 10.2 Å². The van der Waals surface area contributed by atoms with Crippen LogP contribution in [0.2, 0.25) is 9.49 Å². The van der Waals surface area contributed by atoms with Gasteiger partial charge in [0.25, 0.3) is 0 Å². The number of amidine groups is 1. The zero-order valence-corrected chi connectivity index (χ0v) is 7.02. The first kappa shape index (κ1) is 7.78. The maximum atomic E-state index is 7.01. The van der Waals surface area contributed by atoms with E-state index >= 15 is 0 Å². The molecular weight excluding hydrogens is 193 g/mol. The number of nitrogens with zero attached hydrogens (tertiary/aromatic N) is 1. The van der Waals surface area contributed by atoms with Crippen molar-refractivity contribution in [1.82, 2.24) is 4.37 Å². The lowest BCUT2D eigenvalue weighted by Gasteiger charge is -1.91. The van der Waals surface area contributed by atoms with Crippen LogP contribution >= 0.6 is 34.7 Å². The average Bonchev–Trinajstić information content (AvgIpc) is 2.11. The molecule has 0 fully saturated rings. The molecule has 0 aromatic carbocycles. The number of nitrogen functional groups attached to an aromatic ring is 1. The third-order valence-corrected chi connectivity index (χ3v) is 2.29. The van der Waals surface area contributed by atoms with E-state index in [-0.39, 0.29) is 11.0 Å². The Labute approximate surface area is 71.4 Å². The number of rotatable bonds is 1. The van der Waals surface area contributed by atoms with Crippen molar-refractivity contribution in [3.63, 3.8) is 0 Å². The van der Waals surface area contributed by atoms with Crippen molar-refractivity contribution < 1.29 is 0 Å². The second-order valence-corrected chi connectivity index (χ2v) is 3.27. The first-order valence-electron chi connectivity index (χ1n) is 2.28. The Morgan fingerprint density at radius 1 is 1.60 bits per heavy atom. The third kappa shape index (κ3) is 1.23. The van der Waals surface area contributed by atoms with Gasteiger partial charge in [0.05, 0.1) is 5.56 Å². The van der Waals surface area contributed by atoms with E-state index in [4.69, 9.17) is 34.3 Å². The largest absolute Gasteiger partial charge is 0.384 e. The minimum absolute atomic E-state index is 0.149. The maximum absolute atomic E-state index is 7.01. The minimum Gasteiger partial charge on any atom is -0.384 e. The quantitative estimate of drug-likeness (QED) is 0.530. The van der Waals surface area contributed by atoms with Crippen molar-refractivity contribution in [1.29, 1.82) is 5.41 Å². The van der Waals surface area contributed by atoms with Crippen molar-refractivity contribution in [3.05, 3.63) is 15.1 Å². The summed E-state index contributed by atoms with van der Waals surface area (Å²) in [5, 5.41) is 7.21. The summed E-state index contributed by atoms with van der Waals surface area (Å²) in [4.78, 5) is 0. The Bertz CT molecular complexity index is 250. The van der Waals surface area contributed by atoms with Crippen LogP contribution < -0.4 is 5.73 Å². The van der Waals surface area contributed by atoms with Crippen molar-refractivity contribution in [3.8, 4) is 0 Å². The van der Waals surface area contributed by atoms with Gasteiger partial charge in [0.15, 0.2) is 5.15 Å². The standard InChI is InChI=1S/C4H3Cl2N3S/c5-2-1(4(7)8)3(6)10-9-2/h(H3,7,8). The zero-order valence-electron chi connectivity index (χ0n) is 4.69. The molecule has 1 heterocycles. The molecule has 1 aromatic rings. The van der Waals surface area contributed by atoms with E-state index in [1.807, 2.05) is 0 Å². The maximum Gasteiger partial charge on any atom is 0.155 e. The van der Waals surface area contributed by atoms with E-state index < -0.39 is 0 Å². The molecule has 0 saturated heterocycles. The normalized spacial score (nSPS) is 9.80. The summed E-state index contributed by atoms with van der Waals surface area (Å²) in [6.07, 6.45) is 0. The van der Waals surface area contributed by atoms with Crippen LogP contribution in [0.1, 0.15) is 5.56 Å². The molecule has 0 amide bonds. The molecule has 0 saturated carbocycles. The van der Waals surface area contributed by atoms with Crippen LogP contribution in [0.15, 0.2) is 0 Å². The highest BCUT2D eigenvalue weighted by atomic mass is 35.5. The van der Waals surface area contributed by atoms with Gasteiger partial charge in [-0.15, -0.1) is 0 Å². The first-order chi connectivity index (χ1) is 4.63. The summed E-state index contributed by atoms with van der Waals surface area (Å²) in [5.41, 5.74) is 5.47. The van der Waals surface area contributed by atoms with Gasteiger partial charge in [-0.1, -0.05) is 23.2 Å². The van der Waals surface area contributed by atoms with E-state index in [0.717, 1.165) is 11.5 Å². The lowest BCUT2D eigenvalue weighted by atomic mass is 10.3. The van der Waals surface area contributed by atoms with E-state index in [0.29, 0.717) is 9.90 Å².